The molecule has 3 rings (SSSR count). The molecular formula is C14H21N5. The van der Waals surface area contributed by atoms with Gasteiger partial charge in [-0.1, -0.05) is 13.8 Å². The second kappa shape index (κ2) is 4.72. The molecule has 1 unspecified atom stereocenters. The molecule has 0 aromatic carbocycles. The average molecular weight is 259 g/mol. The van der Waals surface area contributed by atoms with Gasteiger partial charge in [-0.25, -0.2) is 9.97 Å². The molecule has 0 saturated carbocycles. The zero-order chi connectivity index (χ0) is 13.4. The maximum absolute atomic E-state index is 6.30. The lowest BCUT2D eigenvalue weighted by Crippen LogP contribution is -2.19. The molecule has 102 valence electrons. The number of nitrogens with zero attached hydrogens (tertiary/aromatic N) is 4. The fourth-order valence-electron chi connectivity index (χ4n) is 2.81. The Hall–Kier alpha value is -1.78. The van der Waals surface area contributed by atoms with Gasteiger partial charge in [0, 0.05) is 19.5 Å². The maximum atomic E-state index is 6.30. The molecular weight excluding hydrogens is 238 g/mol. The van der Waals surface area contributed by atoms with E-state index in [1.807, 2.05) is 12.5 Å². The number of imidazole rings is 2. The molecule has 3 heterocycles. The van der Waals surface area contributed by atoms with Crippen molar-refractivity contribution in [2.24, 2.45) is 5.92 Å². The highest BCUT2D eigenvalue weighted by Crippen LogP contribution is 2.30. The van der Waals surface area contributed by atoms with E-state index in [4.69, 9.17) is 10.7 Å². The number of hydrogen-bond donors (Lipinski definition) is 1. The van der Waals surface area contributed by atoms with Crippen LogP contribution < -0.4 is 5.73 Å². The van der Waals surface area contributed by atoms with Crippen molar-refractivity contribution < 1.29 is 0 Å². The standard InChI is InChI=1S/C14H21N5/c1-3-6-18-9-16-7-11(18)13-14(15)19-8-10(2)4-5-12(19)17-13/h7,9-10H,3-6,8,15H2,1-2H3. The van der Waals surface area contributed by atoms with Crippen LogP contribution in [0.1, 0.15) is 32.5 Å². The largest absolute Gasteiger partial charge is 0.383 e. The van der Waals surface area contributed by atoms with E-state index < -0.39 is 0 Å². The van der Waals surface area contributed by atoms with E-state index in [1.54, 1.807) is 0 Å². The Kier molecular flexibility index (Phi) is 3.05. The van der Waals surface area contributed by atoms with Gasteiger partial charge in [-0.3, -0.25) is 0 Å². The Balaban J connectivity index is 2.04. The minimum atomic E-state index is 0.678. The molecule has 1 aliphatic rings. The molecule has 19 heavy (non-hydrogen) atoms. The van der Waals surface area contributed by atoms with Crippen LogP contribution in [0, 0.1) is 5.92 Å². The molecule has 0 bridgehead atoms. The molecule has 0 aliphatic carbocycles. The fourth-order valence-corrected chi connectivity index (χ4v) is 2.81. The predicted molar refractivity (Wildman–Crippen MR) is 75.6 cm³/mol. The van der Waals surface area contributed by atoms with Crippen molar-refractivity contribution >= 4 is 5.82 Å². The van der Waals surface area contributed by atoms with E-state index in [2.05, 4.69) is 28.0 Å². The molecule has 1 atom stereocenters. The van der Waals surface area contributed by atoms with Gasteiger partial charge in [-0.15, -0.1) is 0 Å². The first-order valence-corrected chi connectivity index (χ1v) is 7.06. The first kappa shape index (κ1) is 12.3. The summed E-state index contributed by atoms with van der Waals surface area (Å²) in [7, 11) is 0. The third-order valence-electron chi connectivity index (χ3n) is 3.86. The third-order valence-corrected chi connectivity index (χ3v) is 3.86. The lowest BCUT2D eigenvalue weighted by Gasteiger charge is -2.20. The lowest BCUT2D eigenvalue weighted by atomic mass is 10.0. The van der Waals surface area contributed by atoms with Crippen molar-refractivity contribution in [3.8, 4) is 11.4 Å². The molecule has 0 fully saturated rings. The van der Waals surface area contributed by atoms with Crippen LogP contribution in [-0.2, 0) is 19.5 Å². The van der Waals surface area contributed by atoms with Crippen molar-refractivity contribution in [2.75, 3.05) is 5.73 Å². The van der Waals surface area contributed by atoms with E-state index in [0.717, 1.165) is 49.0 Å². The molecule has 5 heteroatoms. The van der Waals surface area contributed by atoms with Crippen LogP contribution in [0.4, 0.5) is 5.82 Å². The van der Waals surface area contributed by atoms with Crippen LogP contribution in [0.15, 0.2) is 12.5 Å². The van der Waals surface area contributed by atoms with Gasteiger partial charge in [0.1, 0.15) is 17.3 Å². The molecule has 2 N–H and O–H groups in total. The summed E-state index contributed by atoms with van der Waals surface area (Å²) >= 11 is 0. The number of aromatic nitrogens is 4. The molecule has 5 nitrogen and oxygen atoms in total. The smallest absolute Gasteiger partial charge is 0.133 e. The van der Waals surface area contributed by atoms with E-state index in [0.29, 0.717) is 5.92 Å². The minimum absolute atomic E-state index is 0.678. The van der Waals surface area contributed by atoms with Gasteiger partial charge in [0.2, 0.25) is 0 Å². The average Bonchev–Trinajstić information content (AvgIpc) is 2.96. The molecule has 0 amide bonds. The molecule has 0 spiro atoms. The van der Waals surface area contributed by atoms with Crippen LogP contribution in [-0.4, -0.2) is 19.1 Å². The quantitative estimate of drug-likeness (QED) is 0.920. The Labute approximate surface area is 113 Å². The highest BCUT2D eigenvalue weighted by molar-refractivity contribution is 5.68. The first-order valence-electron chi connectivity index (χ1n) is 7.06. The summed E-state index contributed by atoms with van der Waals surface area (Å²) in [4.78, 5) is 8.98. The number of nitrogen functional groups attached to an aromatic ring is 1. The predicted octanol–water partition coefficient (Wildman–Crippen LogP) is 2.32. The monoisotopic (exact) mass is 259 g/mol. The SMILES string of the molecule is CCCn1cncc1-c1nc2n(c1N)CC(C)CC2. The van der Waals surface area contributed by atoms with E-state index in [-0.39, 0.29) is 0 Å². The molecule has 1 aliphatic heterocycles. The number of fused-ring (bicyclic) bond motifs is 1. The second-order valence-corrected chi connectivity index (χ2v) is 5.49. The zero-order valence-corrected chi connectivity index (χ0v) is 11.6. The molecule has 0 saturated heterocycles. The topological polar surface area (TPSA) is 61.7 Å². The lowest BCUT2D eigenvalue weighted by molar-refractivity contribution is 0.397. The van der Waals surface area contributed by atoms with Gasteiger partial charge in [0.05, 0.1) is 18.2 Å². The highest BCUT2D eigenvalue weighted by Gasteiger charge is 2.23. The normalized spacial score (nSPS) is 18.5. The summed E-state index contributed by atoms with van der Waals surface area (Å²) in [6, 6.07) is 0. The van der Waals surface area contributed by atoms with E-state index in [9.17, 15) is 0 Å². The number of anilines is 1. The Morgan fingerprint density at radius 1 is 1.47 bits per heavy atom. The summed E-state index contributed by atoms with van der Waals surface area (Å²) in [6.45, 7) is 6.36. The number of rotatable bonds is 3. The fraction of sp³-hybridized carbons (Fsp3) is 0.571. The van der Waals surface area contributed by atoms with Gasteiger partial charge >= 0.3 is 0 Å². The zero-order valence-electron chi connectivity index (χ0n) is 11.6. The van der Waals surface area contributed by atoms with Crippen LogP contribution >= 0.6 is 0 Å². The minimum Gasteiger partial charge on any atom is -0.383 e. The summed E-state index contributed by atoms with van der Waals surface area (Å²) in [5.74, 6) is 2.59. The maximum Gasteiger partial charge on any atom is 0.133 e. The Morgan fingerprint density at radius 2 is 2.32 bits per heavy atom. The molecule has 2 aromatic rings. The summed E-state index contributed by atoms with van der Waals surface area (Å²) in [5.41, 5.74) is 8.24. The van der Waals surface area contributed by atoms with Crippen LogP contribution in [0.2, 0.25) is 0 Å². The summed E-state index contributed by atoms with van der Waals surface area (Å²) < 4.78 is 4.31. The van der Waals surface area contributed by atoms with Crippen molar-refractivity contribution in [2.45, 2.75) is 46.2 Å². The van der Waals surface area contributed by atoms with Crippen LogP contribution in [0.25, 0.3) is 11.4 Å². The molecule has 2 aromatic heterocycles. The van der Waals surface area contributed by atoms with E-state index in [1.165, 1.54) is 6.42 Å². The van der Waals surface area contributed by atoms with Crippen molar-refractivity contribution in [1.82, 2.24) is 19.1 Å². The molecule has 0 radical (unpaired) electrons. The van der Waals surface area contributed by atoms with Gasteiger partial charge in [0.15, 0.2) is 0 Å². The van der Waals surface area contributed by atoms with Crippen LogP contribution in [0.3, 0.4) is 0 Å². The van der Waals surface area contributed by atoms with Crippen molar-refractivity contribution in [1.29, 1.82) is 0 Å². The number of hydrogen-bond acceptors (Lipinski definition) is 3. The number of aryl methyl sites for hydroxylation is 2. The van der Waals surface area contributed by atoms with Crippen LogP contribution in [0.5, 0.6) is 0 Å². The van der Waals surface area contributed by atoms with Gasteiger partial charge in [0.25, 0.3) is 0 Å². The number of nitrogens with two attached hydrogens (primary N) is 1. The Morgan fingerprint density at radius 3 is 3.11 bits per heavy atom. The Bertz CT molecular complexity index is 581. The van der Waals surface area contributed by atoms with Gasteiger partial charge < -0.3 is 14.9 Å². The summed E-state index contributed by atoms with van der Waals surface area (Å²) in [5, 5.41) is 0. The van der Waals surface area contributed by atoms with Crippen molar-refractivity contribution in [3.63, 3.8) is 0 Å². The van der Waals surface area contributed by atoms with Gasteiger partial charge in [-0.2, -0.15) is 0 Å². The van der Waals surface area contributed by atoms with Gasteiger partial charge in [-0.05, 0) is 18.8 Å². The first-order chi connectivity index (χ1) is 9.20. The second-order valence-electron chi connectivity index (χ2n) is 5.49. The van der Waals surface area contributed by atoms with Crippen molar-refractivity contribution in [3.05, 3.63) is 18.3 Å². The third kappa shape index (κ3) is 2.03. The van der Waals surface area contributed by atoms with E-state index >= 15 is 0 Å². The highest BCUT2D eigenvalue weighted by atomic mass is 15.2. The summed E-state index contributed by atoms with van der Waals surface area (Å²) in [6.07, 6.45) is 7.02.